The minimum atomic E-state index is 0.595. The lowest BCUT2D eigenvalue weighted by Crippen LogP contribution is -2.24. The molecule has 0 radical (unpaired) electrons. The quantitative estimate of drug-likeness (QED) is 0.284. The third kappa shape index (κ3) is 4.67. The largest absolute Gasteiger partial charge is 0.435 e. The highest BCUT2D eigenvalue weighted by Crippen LogP contribution is 2.39. The molecule has 0 saturated carbocycles. The molecule has 4 aromatic rings. The van der Waals surface area contributed by atoms with E-state index in [0.29, 0.717) is 16.7 Å². The van der Waals surface area contributed by atoms with E-state index in [0.717, 1.165) is 48.3 Å². The molecule has 0 fully saturated rings. The highest BCUT2D eigenvalue weighted by Gasteiger charge is 2.20. The lowest BCUT2D eigenvalue weighted by Gasteiger charge is -2.23. The Kier molecular flexibility index (Phi) is 6.73. The zero-order chi connectivity index (χ0) is 21.6. The van der Waals surface area contributed by atoms with Gasteiger partial charge in [0.15, 0.2) is 5.76 Å². The molecule has 0 atom stereocenters. The van der Waals surface area contributed by atoms with E-state index in [4.69, 9.17) is 21.0 Å². The number of hydrogen-bond donors (Lipinski definition) is 0. The Morgan fingerprint density at radius 1 is 0.774 bits per heavy atom. The SMILES string of the molecule is CCCN(CCC)c1ccc(-c2nc(-c3ccccc3)c(-c3ccccc3Cl)o2)cc1. The van der Waals surface area contributed by atoms with Crippen LogP contribution in [0.4, 0.5) is 5.69 Å². The van der Waals surface area contributed by atoms with Crippen LogP contribution in [-0.4, -0.2) is 18.1 Å². The van der Waals surface area contributed by atoms with E-state index in [-0.39, 0.29) is 0 Å². The van der Waals surface area contributed by atoms with Gasteiger partial charge in [-0.3, -0.25) is 0 Å². The van der Waals surface area contributed by atoms with Crippen molar-refractivity contribution in [2.75, 3.05) is 18.0 Å². The zero-order valence-electron chi connectivity index (χ0n) is 18.0. The van der Waals surface area contributed by atoms with Crippen molar-refractivity contribution in [2.24, 2.45) is 0 Å². The molecule has 1 heterocycles. The van der Waals surface area contributed by atoms with E-state index in [1.165, 1.54) is 5.69 Å². The summed E-state index contributed by atoms with van der Waals surface area (Å²) in [4.78, 5) is 7.30. The first-order valence-corrected chi connectivity index (χ1v) is 11.3. The molecule has 0 unspecified atom stereocenters. The van der Waals surface area contributed by atoms with Crippen molar-refractivity contribution >= 4 is 17.3 Å². The third-order valence-electron chi connectivity index (χ3n) is 5.26. The van der Waals surface area contributed by atoms with Crippen molar-refractivity contribution in [3.8, 4) is 34.0 Å². The molecule has 0 aliphatic carbocycles. The van der Waals surface area contributed by atoms with E-state index >= 15 is 0 Å². The summed E-state index contributed by atoms with van der Waals surface area (Å²) in [5.41, 5.74) is 4.82. The fourth-order valence-corrected chi connectivity index (χ4v) is 4.01. The van der Waals surface area contributed by atoms with Crippen molar-refractivity contribution in [3.63, 3.8) is 0 Å². The Hall–Kier alpha value is -3.04. The molecule has 0 amide bonds. The molecular weight excluding hydrogens is 404 g/mol. The molecule has 3 aromatic carbocycles. The summed E-state index contributed by atoms with van der Waals surface area (Å²) in [6.45, 7) is 6.54. The number of benzene rings is 3. The number of nitrogens with zero attached hydrogens (tertiary/aromatic N) is 2. The van der Waals surface area contributed by atoms with Crippen molar-refractivity contribution in [3.05, 3.63) is 83.9 Å². The average Bonchev–Trinajstić information content (AvgIpc) is 3.25. The Balaban J connectivity index is 1.75. The number of anilines is 1. The second-order valence-corrected chi connectivity index (χ2v) is 7.98. The van der Waals surface area contributed by atoms with Gasteiger partial charge in [0.2, 0.25) is 5.89 Å². The van der Waals surface area contributed by atoms with Gasteiger partial charge in [-0.05, 0) is 49.2 Å². The van der Waals surface area contributed by atoms with Gasteiger partial charge in [-0.15, -0.1) is 0 Å². The number of hydrogen-bond acceptors (Lipinski definition) is 3. The first-order chi connectivity index (χ1) is 15.2. The van der Waals surface area contributed by atoms with Crippen molar-refractivity contribution in [2.45, 2.75) is 26.7 Å². The molecule has 0 aliphatic heterocycles. The van der Waals surface area contributed by atoms with Gasteiger partial charge in [0, 0.05) is 35.5 Å². The van der Waals surface area contributed by atoms with Crippen LogP contribution in [0.15, 0.2) is 83.3 Å². The van der Waals surface area contributed by atoms with Crippen molar-refractivity contribution in [1.82, 2.24) is 4.98 Å². The lowest BCUT2D eigenvalue weighted by molar-refractivity contribution is 0.589. The molecule has 0 aliphatic rings. The smallest absolute Gasteiger partial charge is 0.227 e. The number of halogens is 1. The Bertz CT molecular complexity index is 1110. The maximum atomic E-state index is 6.50. The Labute approximate surface area is 189 Å². The molecular formula is C27H27ClN2O. The third-order valence-corrected chi connectivity index (χ3v) is 5.59. The summed E-state index contributed by atoms with van der Waals surface area (Å²) >= 11 is 6.50. The zero-order valence-corrected chi connectivity index (χ0v) is 18.8. The van der Waals surface area contributed by atoms with E-state index < -0.39 is 0 Å². The van der Waals surface area contributed by atoms with E-state index in [2.05, 4.69) is 43.0 Å². The highest BCUT2D eigenvalue weighted by atomic mass is 35.5. The molecule has 0 bridgehead atoms. The first-order valence-electron chi connectivity index (χ1n) is 10.9. The van der Waals surface area contributed by atoms with Crippen LogP contribution in [-0.2, 0) is 0 Å². The van der Waals surface area contributed by atoms with Gasteiger partial charge < -0.3 is 9.32 Å². The summed E-state index contributed by atoms with van der Waals surface area (Å²) in [5.74, 6) is 1.28. The van der Waals surface area contributed by atoms with Gasteiger partial charge in [-0.2, -0.15) is 0 Å². The van der Waals surface area contributed by atoms with Gasteiger partial charge in [0.1, 0.15) is 5.69 Å². The number of rotatable bonds is 8. The van der Waals surface area contributed by atoms with Gasteiger partial charge in [-0.25, -0.2) is 4.98 Å². The molecule has 4 heteroatoms. The van der Waals surface area contributed by atoms with Crippen LogP contribution in [0, 0.1) is 0 Å². The summed E-state index contributed by atoms with van der Waals surface area (Å²) in [7, 11) is 0. The predicted molar refractivity (Wildman–Crippen MR) is 131 cm³/mol. The van der Waals surface area contributed by atoms with Crippen LogP contribution < -0.4 is 4.90 Å². The van der Waals surface area contributed by atoms with Crippen molar-refractivity contribution < 1.29 is 4.42 Å². The van der Waals surface area contributed by atoms with Crippen LogP contribution in [0.3, 0.4) is 0 Å². The van der Waals surface area contributed by atoms with E-state index in [9.17, 15) is 0 Å². The standard InChI is InChI=1S/C27H27ClN2O/c1-3-18-30(19-4-2)22-16-14-21(15-17-22)27-29-25(20-10-6-5-7-11-20)26(31-27)23-12-8-9-13-24(23)28/h5-17H,3-4,18-19H2,1-2H3. The molecule has 0 spiro atoms. The van der Waals surface area contributed by atoms with Crippen LogP contribution >= 0.6 is 11.6 Å². The summed E-state index contributed by atoms with van der Waals surface area (Å²) in [5, 5.41) is 0.646. The predicted octanol–water partition coefficient (Wildman–Crippen LogP) is 7.96. The Morgan fingerprint density at radius 2 is 1.42 bits per heavy atom. The molecule has 31 heavy (non-hydrogen) atoms. The Morgan fingerprint density at radius 3 is 2.06 bits per heavy atom. The molecule has 0 N–H and O–H groups in total. The monoisotopic (exact) mass is 430 g/mol. The normalized spacial score (nSPS) is 10.9. The molecule has 3 nitrogen and oxygen atoms in total. The average molecular weight is 431 g/mol. The fourth-order valence-electron chi connectivity index (χ4n) is 3.79. The van der Waals surface area contributed by atoms with Gasteiger partial charge in [-0.1, -0.05) is 67.9 Å². The minimum Gasteiger partial charge on any atom is -0.435 e. The summed E-state index contributed by atoms with van der Waals surface area (Å²) < 4.78 is 6.31. The van der Waals surface area contributed by atoms with E-state index in [1.54, 1.807) is 0 Å². The topological polar surface area (TPSA) is 29.3 Å². The van der Waals surface area contributed by atoms with Gasteiger partial charge >= 0.3 is 0 Å². The van der Waals surface area contributed by atoms with Crippen LogP contribution in [0.1, 0.15) is 26.7 Å². The highest BCUT2D eigenvalue weighted by molar-refractivity contribution is 6.33. The van der Waals surface area contributed by atoms with E-state index in [1.807, 2.05) is 54.6 Å². The fraction of sp³-hybridized carbons (Fsp3) is 0.222. The minimum absolute atomic E-state index is 0.595. The number of aromatic nitrogens is 1. The maximum absolute atomic E-state index is 6.50. The second-order valence-electron chi connectivity index (χ2n) is 7.58. The maximum Gasteiger partial charge on any atom is 0.227 e. The molecule has 1 aromatic heterocycles. The summed E-state index contributed by atoms with van der Waals surface area (Å²) in [6, 6.07) is 26.3. The van der Waals surface area contributed by atoms with Crippen LogP contribution in [0.2, 0.25) is 5.02 Å². The summed E-state index contributed by atoms with van der Waals surface area (Å²) in [6.07, 6.45) is 2.26. The molecule has 0 saturated heterocycles. The molecule has 158 valence electrons. The molecule has 4 rings (SSSR count). The first kappa shape index (κ1) is 21.2. The van der Waals surface area contributed by atoms with Crippen molar-refractivity contribution in [1.29, 1.82) is 0 Å². The van der Waals surface area contributed by atoms with Gasteiger partial charge in [0.05, 0.1) is 5.02 Å². The van der Waals surface area contributed by atoms with Gasteiger partial charge in [0.25, 0.3) is 0 Å². The lowest BCUT2D eigenvalue weighted by atomic mass is 10.1. The van der Waals surface area contributed by atoms with Crippen LogP contribution in [0.5, 0.6) is 0 Å². The van der Waals surface area contributed by atoms with Crippen LogP contribution in [0.25, 0.3) is 34.0 Å². The number of oxazole rings is 1. The second kappa shape index (κ2) is 9.84.